The Balaban J connectivity index is 1.32. The number of aliphatic imine (C=N–C) groups is 1. The van der Waals surface area contributed by atoms with Gasteiger partial charge in [-0.15, -0.1) is 10.2 Å². The molecule has 196 valence electrons. The Morgan fingerprint density at radius 1 is 1.08 bits per heavy atom. The van der Waals surface area contributed by atoms with Gasteiger partial charge in [0.1, 0.15) is 0 Å². The van der Waals surface area contributed by atoms with E-state index in [1.807, 2.05) is 48.5 Å². The van der Waals surface area contributed by atoms with Gasteiger partial charge in [0.15, 0.2) is 11.6 Å². The lowest BCUT2D eigenvalue weighted by molar-refractivity contribution is -0.143. The second-order valence-electron chi connectivity index (χ2n) is 8.97. The average Bonchev–Trinajstić information content (AvgIpc) is 3.37. The molecule has 0 bridgehead atoms. The molecule has 1 aromatic heterocycles. The Hall–Kier alpha value is -4.47. The number of aryl methyl sites for hydroxylation is 1. The molecule has 0 radical (unpaired) electrons. The van der Waals surface area contributed by atoms with E-state index < -0.39 is 0 Å². The van der Waals surface area contributed by atoms with Gasteiger partial charge in [0.2, 0.25) is 5.91 Å². The summed E-state index contributed by atoms with van der Waals surface area (Å²) < 4.78 is 5.01. The van der Waals surface area contributed by atoms with Crippen molar-refractivity contribution < 1.29 is 19.1 Å². The maximum Gasteiger partial charge on any atom is 0.306 e. The summed E-state index contributed by atoms with van der Waals surface area (Å²) in [6.45, 7) is 2.94. The van der Waals surface area contributed by atoms with Crippen LogP contribution in [-0.2, 0) is 44.9 Å². The molecule has 0 spiro atoms. The summed E-state index contributed by atoms with van der Waals surface area (Å²) in [6.07, 6.45) is 4.94. The topological polar surface area (TPSA) is 139 Å². The van der Waals surface area contributed by atoms with Crippen LogP contribution in [0.2, 0.25) is 0 Å². The van der Waals surface area contributed by atoms with Gasteiger partial charge in [0.05, 0.1) is 25.3 Å². The Morgan fingerprint density at radius 3 is 2.66 bits per heavy atom. The summed E-state index contributed by atoms with van der Waals surface area (Å²) in [5.74, 6) is -0.271. The third kappa shape index (κ3) is 7.76. The van der Waals surface area contributed by atoms with E-state index in [2.05, 4.69) is 25.9 Å². The first kappa shape index (κ1) is 26.6. The zero-order chi connectivity index (χ0) is 26.7. The van der Waals surface area contributed by atoms with Gasteiger partial charge in [-0.1, -0.05) is 53.7 Å². The fraction of sp³-hybridized carbons (Fsp3) is 0.321. The number of ketones is 1. The maximum absolute atomic E-state index is 12.8. The Bertz CT molecular complexity index is 1320. The van der Waals surface area contributed by atoms with Crippen molar-refractivity contribution in [3.8, 4) is 0 Å². The van der Waals surface area contributed by atoms with E-state index >= 15 is 0 Å². The predicted octanol–water partition coefficient (Wildman–Crippen LogP) is 2.34. The van der Waals surface area contributed by atoms with Crippen LogP contribution in [0.5, 0.6) is 0 Å². The molecular weight excluding hydrogens is 484 g/mol. The van der Waals surface area contributed by atoms with Crippen LogP contribution in [0.3, 0.4) is 0 Å². The average molecular weight is 515 g/mol. The largest absolute Gasteiger partial charge is 0.466 e. The Labute approximate surface area is 220 Å². The molecule has 1 aliphatic rings. The fourth-order valence-electron chi connectivity index (χ4n) is 4.13. The van der Waals surface area contributed by atoms with E-state index in [1.165, 1.54) is 0 Å². The first-order chi connectivity index (χ1) is 18.5. The van der Waals surface area contributed by atoms with E-state index in [1.54, 1.807) is 19.1 Å². The van der Waals surface area contributed by atoms with E-state index in [0.717, 1.165) is 28.0 Å². The van der Waals surface area contributed by atoms with Gasteiger partial charge in [-0.25, -0.2) is 0 Å². The lowest BCUT2D eigenvalue weighted by atomic mass is 9.94. The molecule has 1 atom stereocenters. The van der Waals surface area contributed by atoms with Gasteiger partial charge in [0.25, 0.3) is 0 Å². The number of nitrogens with zero attached hydrogens (tertiary/aromatic N) is 4. The summed E-state index contributed by atoms with van der Waals surface area (Å²) in [5.41, 5.74) is 4.67. The molecule has 10 heteroatoms. The highest BCUT2D eigenvalue weighted by Crippen LogP contribution is 2.18. The Morgan fingerprint density at radius 2 is 1.89 bits per heavy atom. The highest BCUT2D eigenvalue weighted by Gasteiger charge is 2.20. The van der Waals surface area contributed by atoms with Crippen molar-refractivity contribution >= 4 is 23.4 Å². The van der Waals surface area contributed by atoms with Crippen molar-refractivity contribution in [3.05, 3.63) is 88.8 Å². The quantitative estimate of drug-likeness (QED) is 0.374. The molecule has 0 saturated carbocycles. The fourth-order valence-corrected chi connectivity index (χ4v) is 4.13. The zero-order valence-corrected chi connectivity index (χ0v) is 21.2. The van der Waals surface area contributed by atoms with E-state index in [9.17, 15) is 14.4 Å². The first-order valence-corrected chi connectivity index (χ1v) is 12.6. The number of carbonyl (C=O) groups excluding carboxylic acids is 3. The molecule has 0 fully saturated rings. The molecule has 1 amide bonds. The third-order valence-electron chi connectivity index (χ3n) is 6.13. The molecular formula is C28H30N6O4. The number of H-pyrrole nitrogens is 1. The van der Waals surface area contributed by atoms with Gasteiger partial charge >= 0.3 is 5.97 Å². The van der Waals surface area contributed by atoms with Crippen molar-refractivity contribution in [3.63, 3.8) is 0 Å². The molecule has 38 heavy (non-hydrogen) atoms. The van der Waals surface area contributed by atoms with Crippen LogP contribution >= 0.6 is 0 Å². The van der Waals surface area contributed by atoms with Crippen LogP contribution in [0.1, 0.15) is 41.4 Å². The van der Waals surface area contributed by atoms with Gasteiger partial charge < -0.3 is 10.1 Å². The standard InChI is InChI=1S/C28H30N6O4/c1-2-38-28(37)13-8-19-4-3-5-21(14-19)15-23-18-29-24(11-12-25(23)35)22-9-6-20(7-10-22)17-30-27(36)16-26-31-33-34-32-26/h3-7,9-12,14,23H,2,8,13,15-18H2,1H3,(H,30,36)(H,31,32,33,34). The van der Waals surface area contributed by atoms with E-state index in [-0.39, 0.29) is 30.0 Å². The van der Waals surface area contributed by atoms with Gasteiger partial charge in [0, 0.05) is 18.9 Å². The number of hydrogen-bond acceptors (Lipinski definition) is 8. The molecule has 0 saturated heterocycles. The molecule has 3 aromatic rings. The van der Waals surface area contributed by atoms with Crippen molar-refractivity contribution in [2.45, 2.75) is 39.2 Å². The lowest BCUT2D eigenvalue weighted by Crippen LogP contribution is -2.25. The third-order valence-corrected chi connectivity index (χ3v) is 6.13. The normalized spacial score (nSPS) is 15.0. The Kier molecular flexibility index (Phi) is 9.22. The number of nitrogens with one attached hydrogen (secondary N) is 2. The van der Waals surface area contributed by atoms with Crippen LogP contribution in [-0.4, -0.2) is 57.1 Å². The van der Waals surface area contributed by atoms with E-state index in [4.69, 9.17) is 9.73 Å². The smallest absolute Gasteiger partial charge is 0.306 e. The minimum Gasteiger partial charge on any atom is -0.466 e. The van der Waals surface area contributed by atoms with Crippen molar-refractivity contribution in [2.75, 3.05) is 13.2 Å². The van der Waals surface area contributed by atoms with Crippen LogP contribution < -0.4 is 5.32 Å². The summed E-state index contributed by atoms with van der Waals surface area (Å²) in [5, 5.41) is 16.1. The van der Waals surface area contributed by atoms with Crippen LogP contribution in [0.4, 0.5) is 0 Å². The number of rotatable bonds is 11. The molecule has 0 aliphatic carbocycles. The van der Waals surface area contributed by atoms with Crippen molar-refractivity contribution in [1.29, 1.82) is 0 Å². The molecule has 2 aromatic carbocycles. The highest BCUT2D eigenvalue weighted by molar-refractivity contribution is 6.12. The number of hydrogen-bond donors (Lipinski definition) is 2. The molecule has 2 N–H and O–H groups in total. The SMILES string of the molecule is CCOC(=O)CCc1cccc(CC2CN=C(c3ccc(CNC(=O)Cc4nn[nH]n4)cc3)C=CC2=O)c1. The number of esters is 1. The summed E-state index contributed by atoms with van der Waals surface area (Å²) >= 11 is 0. The maximum atomic E-state index is 12.8. The number of tetrazole rings is 1. The minimum atomic E-state index is -0.252. The number of benzene rings is 2. The number of aromatic nitrogens is 4. The van der Waals surface area contributed by atoms with Crippen molar-refractivity contribution in [1.82, 2.24) is 25.9 Å². The predicted molar refractivity (Wildman–Crippen MR) is 140 cm³/mol. The monoisotopic (exact) mass is 514 g/mol. The molecule has 10 nitrogen and oxygen atoms in total. The molecule has 1 aliphatic heterocycles. The number of ether oxygens (including phenoxy) is 1. The second-order valence-corrected chi connectivity index (χ2v) is 8.97. The highest BCUT2D eigenvalue weighted by atomic mass is 16.5. The second kappa shape index (κ2) is 13.2. The summed E-state index contributed by atoms with van der Waals surface area (Å²) in [4.78, 5) is 41.2. The molecule has 2 heterocycles. The number of carbonyl (C=O) groups is 3. The number of aromatic amines is 1. The van der Waals surface area contributed by atoms with Gasteiger partial charge in [-0.05, 0) is 54.2 Å². The minimum absolute atomic E-state index is 0.0432. The zero-order valence-electron chi connectivity index (χ0n) is 21.2. The molecule has 4 rings (SSSR count). The number of allylic oxidation sites excluding steroid dienone is 2. The first-order valence-electron chi connectivity index (χ1n) is 12.6. The van der Waals surface area contributed by atoms with Gasteiger partial charge in [-0.2, -0.15) is 5.21 Å². The van der Waals surface area contributed by atoms with Crippen LogP contribution in [0.15, 0.2) is 65.7 Å². The van der Waals surface area contributed by atoms with Crippen LogP contribution in [0, 0.1) is 5.92 Å². The van der Waals surface area contributed by atoms with Crippen molar-refractivity contribution in [2.24, 2.45) is 10.9 Å². The number of amides is 1. The summed E-state index contributed by atoms with van der Waals surface area (Å²) in [7, 11) is 0. The lowest BCUT2D eigenvalue weighted by Gasteiger charge is -2.12. The van der Waals surface area contributed by atoms with E-state index in [0.29, 0.717) is 44.8 Å². The van der Waals surface area contributed by atoms with Crippen LogP contribution in [0.25, 0.3) is 0 Å². The van der Waals surface area contributed by atoms with Gasteiger partial charge in [-0.3, -0.25) is 19.4 Å². The molecule has 1 unspecified atom stereocenters. The summed E-state index contributed by atoms with van der Waals surface area (Å²) in [6, 6.07) is 15.7.